The van der Waals surface area contributed by atoms with Crippen LogP contribution >= 0.6 is 0 Å². The fraction of sp³-hybridized carbons (Fsp3) is 0.417. The molecule has 0 aliphatic heterocycles. The topological polar surface area (TPSA) is 85.0 Å². The van der Waals surface area contributed by atoms with Crippen molar-refractivity contribution in [1.29, 1.82) is 0 Å². The molecular weight excluding hydrogens is 246 g/mol. The number of nitrogens with zero attached hydrogens (tertiary/aromatic N) is 3. The van der Waals surface area contributed by atoms with Gasteiger partial charge in [-0.1, -0.05) is 5.21 Å². The molecule has 0 spiro atoms. The van der Waals surface area contributed by atoms with Gasteiger partial charge in [-0.15, -0.1) is 5.10 Å². The first kappa shape index (κ1) is 13.3. The third-order valence-electron chi connectivity index (χ3n) is 2.71. The molecule has 0 aliphatic rings. The van der Waals surface area contributed by atoms with Crippen LogP contribution in [0.1, 0.15) is 24.4 Å². The van der Waals surface area contributed by atoms with E-state index < -0.39 is 6.04 Å². The van der Waals surface area contributed by atoms with Gasteiger partial charge < -0.3 is 15.1 Å². The lowest BCUT2D eigenvalue weighted by Crippen LogP contribution is -2.30. The molecule has 2 N–H and O–H groups in total. The fourth-order valence-corrected chi connectivity index (χ4v) is 1.62. The Balaban J connectivity index is 1.90. The number of amides is 1. The van der Waals surface area contributed by atoms with Crippen molar-refractivity contribution in [1.82, 2.24) is 25.6 Å². The largest absolute Gasteiger partial charge is 0.467 e. The molecule has 19 heavy (non-hydrogen) atoms. The molecule has 2 heterocycles. The standard InChI is InChI=1S/C12H17N5O2/c1-9(17-8-10(6-13-2)15-16-17)12(18)14-7-11-4-3-5-19-11/h3-5,8-9,13H,6-7H2,1-2H3,(H,14,18). The van der Waals surface area contributed by atoms with Gasteiger partial charge >= 0.3 is 0 Å². The summed E-state index contributed by atoms with van der Waals surface area (Å²) in [5.41, 5.74) is 0.799. The molecule has 7 heteroatoms. The average molecular weight is 263 g/mol. The summed E-state index contributed by atoms with van der Waals surface area (Å²) in [5.74, 6) is 0.590. The molecule has 0 aliphatic carbocycles. The second-order valence-corrected chi connectivity index (χ2v) is 4.19. The number of nitrogens with one attached hydrogen (secondary N) is 2. The minimum absolute atomic E-state index is 0.127. The maximum atomic E-state index is 11.9. The Kier molecular flexibility index (Phi) is 4.30. The number of carbonyl (C=O) groups is 1. The summed E-state index contributed by atoms with van der Waals surface area (Å²) in [7, 11) is 1.83. The van der Waals surface area contributed by atoms with Crippen LogP contribution in [0.4, 0.5) is 0 Å². The van der Waals surface area contributed by atoms with E-state index in [0.29, 0.717) is 13.1 Å². The summed E-state index contributed by atoms with van der Waals surface area (Å²) in [6, 6.07) is 3.19. The summed E-state index contributed by atoms with van der Waals surface area (Å²) in [5, 5.41) is 13.7. The molecule has 7 nitrogen and oxygen atoms in total. The van der Waals surface area contributed by atoms with Gasteiger partial charge in [-0.2, -0.15) is 0 Å². The van der Waals surface area contributed by atoms with Crippen molar-refractivity contribution in [2.24, 2.45) is 0 Å². The van der Waals surface area contributed by atoms with Gasteiger partial charge in [-0.05, 0) is 26.1 Å². The highest BCUT2D eigenvalue weighted by Gasteiger charge is 2.16. The van der Waals surface area contributed by atoms with Crippen LogP contribution in [-0.2, 0) is 17.9 Å². The molecule has 2 rings (SSSR count). The molecule has 0 radical (unpaired) electrons. The van der Waals surface area contributed by atoms with Gasteiger partial charge in [0.15, 0.2) is 0 Å². The van der Waals surface area contributed by atoms with Crippen molar-refractivity contribution in [2.45, 2.75) is 26.1 Å². The number of hydrogen-bond donors (Lipinski definition) is 2. The average Bonchev–Trinajstić information content (AvgIpc) is 3.06. The van der Waals surface area contributed by atoms with Crippen LogP contribution < -0.4 is 10.6 Å². The summed E-state index contributed by atoms with van der Waals surface area (Å²) in [4.78, 5) is 11.9. The third-order valence-corrected chi connectivity index (χ3v) is 2.71. The Morgan fingerprint density at radius 2 is 2.37 bits per heavy atom. The van der Waals surface area contributed by atoms with E-state index in [4.69, 9.17) is 4.42 Å². The van der Waals surface area contributed by atoms with E-state index in [1.807, 2.05) is 13.1 Å². The highest BCUT2D eigenvalue weighted by atomic mass is 16.3. The number of hydrogen-bond acceptors (Lipinski definition) is 5. The zero-order chi connectivity index (χ0) is 13.7. The quantitative estimate of drug-likeness (QED) is 0.791. The van der Waals surface area contributed by atoms with Gasteiger partial charge in [0.1, 0.15) is 11.8 Å². The highest BCUT2D eigenvalue weighted by Crippen LogP contribution is 2.06. The summed E-state index contributed by atoms with van der Waals surface area (Å²) in [6.45, 7) is 2.77. The molecule has 1 amide bonds. The molecule has 1 atom stereocenters. The molecule has 0 aromatic carbocycles. The first-order chi connectivity index (χ1) is 9.20. The summed E-state index contributed by atoms with van der Waals surface area (Å²) < 4.78 is 6.69. The van der Waals surface area contributed by atoms with Gasteiger partial charge in [-0.25, -0.2) is 4.68 Å². The molecule has 0 fully saturated rings. The van der Waals surface area contributed by atoms with Gasteiger partial charge in [-0.3, -0.25) is 4.79 Å². The van der Waals surface area contributed by atoms with Gasteiger partial charge in [0.05, 0.1) is 24.7 Å². The fourth-order valence-electron chi connectivity index (χ4n) is 1.62. The SMILES string of the molecule is CNCc1cn(C(C)C(=O)NCc2ccco2)nn1. The number of rotatable bonds is 6. The molecule has 1 unspecified atom stereocenters. The molecule has 0 saturated heterocycles. The predicted molar refractivity (Wildman–Crippen MR) is 68.1 cm³/mol. The molecule has 2 aromatic heterocycles. The lowest BCUT2D eigenvalue weighted by atomic mass is 10.3. The van der Waals surface area contributed by atoms with Crippen LogP contribution in [0.3, 0.4) is 0 Å². The van der Waals surface area contributed by atoms with Crippen LogP contribution in [0.5, 0.6) is 0 Å². The Morgan fingerprint density at radius 1 is 1.53 bits per heavy atom. The lowest BCUT2D eigenvalue weighted by Gasteiger charge is -2.10. The second kappa shape index (κ2) is 6.14. The van der Waals surface area contributed by atoms with Crippen LogP contribution in [-0.4, -0.2) is 27.9 Å². The Bertz CT molecular complexity index is 520. The predicted octanol–water partition coefficient (Wildman–Crippen LogP) is 0.468. The third kappa shape index (κ3) is 3.41. The van der Waals surface area contributed by atoms with Gasteiger partial charge in [0.2, 0.25) is 5.91 Å². The van der Waals surface area contributed by atoms with Gasteiger partial charge in [0.25, 0.3) is 0 Å². The van der Waals surface area contributed by atoms with Crippen molar-refractivity contribution >= 4 is 5.91 Å². The molecule has 0 saturated carbocycles. The molecule has 102 valence electrons. The van der Waals surface area contributed by atoms with E-state index in [0.717, 1.165) is 11.5 Å². The van der Waals surface area contributed by atoms with Gasteiger partial charge in [0, 0.05) is 6.54 Å². The molecule has 0 bridgehead atoms. The van der Waals surface area contributed by atoms with E-state index in [2.05, 4.69) is 20.9 Å². The zero-order valence-electron chi connectivity index (χ0n) is 11.0. The van der Waals surface area contributed by atoms with E-state index in [1.165, 1.54) is 0 Å². The van der Waals surface area contributed by atoms with Crippen LogP contribution in [0.25, 0.3) is 0 Å². The Morgan fingerprint density at radius 3 is 3.05 bits per heavy atom. The van der Waals surface area contributed by atoms with Crippen molar-refractivity contribution in [3.8, 4) is 0 Å². The smallest absolute Gasteiger partial charge is 0.245 e. The summed E-state index contributed by atoms with van der Waals surface area (Å²) in [6.07, 6.45) is 3.33. The Labute approximate surface area is 111 Å². The number of aromatic nitrogens is 3. The van der Waals surface area contributed by atoms with Crippen molar-refractivity contribution in [3.05, 3.63) is 36.0 Å². The maximum Gasteiger partial charge on any atom is 0.245 e. The minimum Gasteiger partial charge on any atom is -0.467 e. The monoisotopic (exact) mass is 263 g/mol. The van der Waals surface area contributed by atoms with Crippen molar-refractivity contribution in [2.75, 3.05) is 7.05 Å². The van der Waals surface area contributed by atoms with E-state index in [9.17, 15) is 4.79 Å². The number of carbonyl (C=O) groups excluding carboxylic acids is 1. The maximum absolute atomic E-state index is 11.9. The van der Waals surface area contributed by atoms with Crippen LogP contribution in [0, 0.1) is 0 Å². The first-order valence-electron chi connectivity index (χ1n) is 6.06. The van der Waals surface area contributed by atoms with E-state index in [1.54, 1.807) is 30.1 Å². The second-order valence-electron chi connectivity index (χ2n) is 4.19. The lowest BCUT2D eigenvalue weighted by molar-refractivity contribution is -0.124. The molecule has 2 aromatic rings. The molecular formula is C12H17N5O2. The van der Waals surface area contributed by atoms with E-state index >= 15 is 0 Å². The van der Waals surface area contributed by atoms with Crippen LogP contribution in [0.15, 0.2) is 29.0 Å². The first-order valence-corrected chi connectivity index (χ1v) is 6.06. The zero-order valence-corrected chi connectivity index (χ0v) is 11.0. The normalized spacial score (nSPS) is 12.3. The van der Waals surface area contributed by atoms with Crippen molar-refractivity contribution < 1.29 is 9.21 Å². The van der Waals surface area contributed by atoms with Crippen molar-refractivity contribution in [3.63, 3.8) is 0 Å². The van der Waals surface area contributed by atoms with E-state index in [-0.39, 0.29) is 5.91 Å². The number of furan rings is 1. The Hall–Kier alpha value is -2.15. The summed E-state index contributed by atoms with van der Waals surface area (Å²) >= 11 is 0. The minimum atomic E-state index is -0.409. The van der Waals surface area contributed by atoms with Crippen LogP contribution in [0.2, 0.25) is 0 Å². The highest BCUT2D eigenvalue weighted by molar-refractivity contribution is 5.79.